The monoisotopic (exact) mass is 372 g/mol. The number of anilines is 2. The molecule has 3 rings (SSSR count). The van der Waals surface area contributed by atoms with Crippen LogP contribution in [0.25, 0.3) is 0 Å². The first-order valence-corrected chi connectivity index (χ1v) is 9.74. The highest BCUT2D eigenvalue weighted by Gasteiger charge is 2.48. The Bertz CT molecular complexity index is 746. The van der Waals surface area contributed by atoms with Crippen molar-refractivity contribution in [1.29, 1.82) is 0 Å². The number of carbonyl (C=O) groups is 2. The second-order valence-electron chi connectivity index (χ2n) is 7.39. The van der Waals surface area contributed by atoms with Crippen LogP contribution in [0, 0.1) is 5.92 Å². The molecule has 2 aliphatic heterocycles. The number of hydrogen-bond donors (Lipinski definition) is 3. The number of hydrogen-bond acceptors (Lipinski definition) is 4. The molecule has 2 atom stereocenters. The standard InChI is InChI=1S/C21H28N2O4/c1-15(8-5-7-13-24)21(27)17-14-16(10-11-18(17)22-20(21)26)23-12-6-3-2-4-9-19(23)25/h5,8,10-11,14-15,24,27H,2-4,6-7,9,12-13H2,1H3,(H,22,26)/b8-5+/t15-,21+/m0/s1. The van der Waals surface area contributed by atoms with Crippen molar-refractivity contribution in [2.75, 3.05) is 23.4 Å². The third-order valence-electron chi connectivity index (χ3n) is 5.52. The number of aliphatic hydroxyl groups excluding tert-OH is 1. The molecular formula is C21H28N2O4. The highest BCUT2D eigenvalue weighted by molar-refractivity contribution is 6.06. The fraction of sp³-hybridized carbons (Fsp3) is 0.524. The molecule has 0 spiro atoms. The van der Waals surface area contributed by atoms with Crippen molar-refractivity contribution in [3.63, 3.8) is 0 Å². The van der Waals surface area contributed by atoms with Gasteiger partial charge in [0.25, 0.3) is 5.91 Å². The average molecular weight is 372 g/mol. The normalized spacial score (nSPS) is 24.5. The molecule has 27 heavy (non-hydrogen) atoms. The lowest BCUT2D eigenvalue weighted by molar-refractivity contribution is -0.137. The van der Waals surface area contributed by atoms with E-state index in [2.05, 4.69) is 5.32 Å². The molecule has 1 fully saturated rings. The maximum atomic E-state index is 12.6. The molecule has 2 heterocycles. The molecule has 1 aromatic rings. The Morgan fingerprint density at radius 1 is 1.26 bits per heavy atom. The van der Waals surface area contributed by atoms with Gasteiger partial charge in [-0.3, -0.25) is 9.59 Å². The average Bonchev–Trinajstić information content (AvgIpc) is 2.90. The van der Waals surface area contributed by atoms with E-state index in [9.17, 15) is 14.7 Å². The highest BCUT2D eigenvalue weighted by atomic mass is 16.3. The molecule has 2 aliphatic rings. The maximum absolute atomic E-state index is 12.6. The zero-order chi connectivity index (χ0) is 19.4. The number of amides is 2. The highest BCUT2D eigenvalue weighted by Crippen LogP contribution is 2.43. The minimum Gasteiger partial charge on any atom is -0.396 e. The Morgan fingerprint density at radius 3 is 2.81 bits per heavy atom. The van der Waals surface area contributed by atoms with Crippen LogP contribution in [-0.4, -0.2) is 35.2 Å². The summed E-state index contributed by atoms with van der Waals surface area (Å²) in [5, 5.41) is 22.9. The van der Waals surface area contributed by atoms with Gasteiger partial charge in [-0.25, -0.2) is 0 Å². The lowest BCUT2D eigenvalue weighted by Crippen LogP contribution is -2.40. The largest absolute Gasteiger partial charge is 0.396 e. The maximum Gasteiger partial charge on any atom is 0.261 e. The molecular weight excluding hydrogens is 344 g/mol. The molecule has 1 aromatic carbocycles. The van der Waals surface area contributed by atoms with Crippen LogP contribution in [0.2, 0.25) is 0 Å². The first-order valence-electron chi connectivity index (χ1n) is 9.74. The number of benzene rings is 1. The summed E-state index contributed by atoms with van der Waals surface area (Å²) < 4.78 is 0. The number of nitrogens with zero attached hydrogens (tertiary/aromatic N) is 1. The van der Waals surface area contributed by atoms with E-state index in [4.69, 9.17) is 5.11 Å². The van der Waals surface area contributed by atoms with Gasteiger partial charge in [0, 0.05) is 42.4 Å². The second-order valence-corrected chi connectivity index (χ2v) is 7.39. The van der Waals surface area contributed by atoms with Gasteiger partial charge in [-0.15, -0.1) is 0 Å². The van der Waals surface area contributed by atoms with Gasteiger partial charge in [-0.1, -0.05) is 31.9 Å². The summed E-state index contributed by atoms with van der Waals surface area (Å²) in [5.41, 5.74) is 0.111. The van der Waals surface area contributed by atoms with E-state index in [0.29, 0.717) is 30.6 Å². The van der Waals surface area contributed by atoms with Crippen LogP contribution in [0.5, 0.6) is 0 Å². The first-order chi connectivity index (χ1) is 13.0. The quantitative estimate of drug-likeness (QED) is 0.693. The van der Waals surface area contributed by atoms with Crippen LogP contribution in [-0.2, 0) is 15.2 Å². The molecule has 0 saturated carbocycles. The number of nitrogens with one attached hydrogen (secondary N) is 1. The molecule has 6 heteroatoms. The Hall–Kier alpha value is -2.18. The smallest absolute Gasteiger partial charge is 0.261 e. The fourth-order valence-corrected chi connectivity index (χ4v) is 3.86. The van der Waals surface area contributed by atoms with Crippen molar-refractivity contribution < 1.29 is 19.8 Å². The van der Waals surface area contributed by atoms with E-state index < -0.39 is 17.4 Å². The summed E-state index contributed by atoms with van der Waals surface area (Å²) in [5.74, 6) is -0.843. The molecule has 6 nitrogen and oxygen atoms in total. The van der Waals surface area contributed by atoms with Crippen LogP contribution in [0.4, 0.5) is 11.4 Å². The molecule has 146 valence electrons. The van der Waals surface area contributed by atoms with Crippen LogP contribution in [0.15, 0.2) is 30.4 Å². The van der Waals surface area contributed by atoms with Gasteiger partial charge in [0.2, 0.25) is 5.91 Å². The van der Waals surface area contributed by atoms with E-state index in [1.165, 1.54) is 0 Å². The fourth-order valence-electron chi connectivity index (χ4n) is 3.86. The molecule has 0 aliphatic carbocycles. The predicted octanol–water partition coefficient (Wildman–Crippen LogP) is 2.70. The molecule has 2 amide bonds. The minimum absolute atomic E-state index is 0.0195. The third kappa shape index (κ3) is 3.77. The topological polar surface area (TPSA) is 89.9 Å². The van der Waals surface area contributed by atoms with E-state index >= 15 is 0 Å². The zero-order valence-corrected chi connectivity index (χ0v) is 15.8. The van der Waals surface area contributed by atoms with E-state index in [1.807, 2.05) is 6.07 Å². The van der Waals surface area contributed by atoms with Gasteiger partial charge in [0.15, 0.2) is 5.60 Å². The van der Waals surface area contributed by atoms with Gasteiger partial charge >= 0.3 is 0 Å². The van der Waals surface area contributed by atoms with Gasteiger partial charge in [-0.2, -0.15) is 0 Å². The summed E-state index contributed by atoms with van der Waals surface area (Å²) in [4.78, 5) is 26.9. The number of aliphatic hydroxyl groups is 2. The molecule has 3 N–H and O–H groups in total. The molecule has 1 saturated heterocycles. The lowest BCUT2D eigenvalue weighted by atomic mass is 9.82. The Kier molecular flexibility index (Phi) is 5.97. The van der Waals surface area contributed by atoms with Crippen molar-refractivity contribution in [3.8, 4) is 0 Å². The number of rotatable bonds is 5. The van der Waals surface area contributed by atoms with Gasteiger partial charge in [0.1, 0.15) is 0 Å². The molecule has 0 bridgehead atoms. The summed E-state index contributed by atoms with van der Waals surface area (Å²) in [6.07, 6.45) is 8.54. The van der Waals surface area contributed by atoms with E-state index in [0.717, 1.165) is 31.4 Å². The predicted molar refractivity (Wildman–Crippen MR) is 104 cm³/mol. The lowest BCUT2D eigenvalue weighted by Gasteiger charge is -2.29. The molecule has 0 aromatic heterocycles. The van der Waals surface area contributed by atoms with E-state index in [-0.39, 0.29) is 12.5 Å². The van der Waals surface area contributed by atoms with Crippen molar-refractivity contribution >= 4 is 23.2 Å². The summed E-state index contributed by atoms with van der Waals surface area (Å²) >= 11 is 0. The first kappa shape index (κ1) is 19.6. The minimum atomic E-state index is -1.69. The Morgan fingerprint density at radius 2 is 2.04 bits per heavy atom. The Balaban J connectivity index is 1.94. The van der Waals surface area contributed by atoms with Crippen molar-refractivity contribution in [2.24, 2.45) is 5.92 Å². The van der Waals surface area contributed by atoms with Crippen LogP contribution in [0.3, 0.4) is 0 Å². The van der Waals surface area contributed by atoms with Crippen LogP contribution in [0.1, 0.15) is 51.0 Å². The summed E-state index contributed by atoms with van der Waals surface area (Å²) in [6, 6.07) is 5.36. The SMILES string of the molecule is C[C@@H](/C=C/CCO)[C@]1(O)C(=O)Nc2ccc(N3CCCCCCC3=O)cc21. The summed E-state index contributed by atoms with van der Waals surface area (Å²) in [7, 11) is 0. The second kappa shape index (κ2) is 8.23. The number of carbonyl (C=O) groups excluding carboxylic acids is 2. The Labute approximate surface area is 159 Å². The third-order valence-corrected chi connectivity index (χ3v) is 5.52. The van der Waals surface area contributed by atoms with Gasteiger partial charge < -0.3 is 20.4 Å². The van der Waals surface area contributed by atoms with Crippen molar-refractivity contribution in [2.45, 2.75) is 51.0 Å². The molecule has 0 unspecified atom stereocenters. The van der Waals surface area contributed by atoms with Crippen molar-refractivity contribution in [3.05, 3.63) is 35.9 Å². The molecule has 0 radical (unpaired) electrons. The van der Waals surface area contributed by atoms with Crippen LogP contribution < -0.4 is 10.2 Å². The number of fused-ring (bicyclic) bond motifs is 1. The van der Waals surface area contributed by atoms with Gasteiger partial charge in [0.05, 0.1) is 0 Å². The summed E-state index contributed by atoms with van der Waals surface area (Å²) in [6.45, 7) is 2.45. The van der Waals surface area contributed by atoms with E-state index in [1.54, 1.807) is 36.1 Å². The van der Waals surface area contributed by atoms with Gasteiger partial charge in [-0.05, 0) is 37.5 Å². The zero-order valence-electron chi connectivity index (χ0n) is 15.8. The van der Waals surface area contributed by atoms with Crippen LogP contribution >= 0.6 is 0 Å². The van der Waals surface area contributed by atoms with Crippen molar-refractivity contribution in [1.82, 2.24) is 0 Å².